The molecule has 0 saturated carbocycles. The highest BCUT2D eigenvalue weighted by molar-refractivity contribution is 7.22. The van der Waals surface area contributed by atoms with Crippen LogP contribution in [0.3, 0.4) is 0 Å². The first kappa shape index (κ1) is 22.1. The maximum atomic E-state index is 14.2. The number of hydrogen-bond acceptors (Lipinski definition) is 7. The summed E-state index contributed by atoms with van der Waals surface area (Å²) < 4.78 is 17.0. The molecule has 5 aromatic rings. The van der Waals surface area contributed by atoms with Gasteiger partial charge in [-0.2, -0.15) is 0 Å². The van der Waals surface area contributed by atoms with Gasteiger partial charge in [-0.05, 0) is 59.7 Å². The largest absolute Gasteiger partial charge is 0.352 e. The minimum atomic E-state index is -0.276. The third-order valence-electron chi connectivity index (χ3n) is 5.64. The van der Waals surface area contributed by atoms with Gasteiger partial charge in [0.25, 0.3) is 0 Å². The average molecular weight is 474 g/mol. The van der Waals surface area contributed by atoms with Crippen LogP contribution in [0.5, 0.6) is 0 Å². The quantitative estimate of drug-likeness (QED) is 0.338. The predicted octanol–water partition coefficient (Wildman–Crippen LogP) is 5.20. The van der Waals surface area contributed by atoms with Crippen molar-refractivity contribution in [1.29, 1.82) is 0 Å². The fourth-order valence-corrected chi connectivity index (χ4v) is 5.20. The van der Waals surface area contributed by atoms with Crippen molar-refractivity contribution in [1.82, 2.24) is 25.0 Å². The molecule has 0 saturated heterocycles. The van der Waals surface area contributed by atoms with Crippen LogP contribution in [0, 0.1) is 12.7 Å². The Hall–Kier alpha value is -3.69. The summed E-state index contributed by atoms with van der Waals surface area (Å²) in [5, 5.41) is 12.1. The molecule has 0 spiro atoms. The van der Waals surface area contributed by atoms with Crippen LogP contribution >= 0.6 is 11.3 Å². The maximum absolute atomic E-state index is 14.2. The summed E-state index contributed by atoms with van der Waals surface area (Å²) in [6.45, 7) is 5.20. The van der Waals surface area contributed by atoms with E-state index in [1.54, 1.807) is 34.3 Å². The molecule has 0 aliphatic heterocycles. The Balaban J connectivity index is 1.51. The molecule has 0 amide bonds. The number of fused-ring (bicyclic) bond motifs is 1. The van der Waals surface area contributed by atoms with E-state index in [1.165, 1.54) is 6.07 Å². The van der Waals surface area contributed by atoms with E-state index in [2.05, 4.69) is 32.7 Å². The van der Waals surface area contributed by atoms with Crippen LogP contribution in [-0.2, 0) is 6.54 Å². The molecule has 172 valence electrons. The van der Waals surface area contributed by atoms with Crippen LogP contribution in [0.15, 0.2) is 61.1 Å². The van der Waals surface area contributed by atoms with Gasteiger partial charge in [-0.3, -0.25) is 4.68 Å². The second-order valence-corrected chi connectivity index (χ2v) is 9.23. The van der Waals surface area contributed by atoms with E-state index >= 15 is 0 Å². The Kier molecular flexibility index (Phi) is 6.04. The van der Waals surface area contributed by atoms with Crippen LogP contribution in [0.25, 0.3) is 31.8 Å². The van der Waals surface area contributed by atoms with Gasteiger partial charge in [0.05, 0.1) is 23.3 Å². The van der Waals surface area contributed by atoms with Crippen molar-refractivity contribution < 1.29 is 4.39 Å². The molecule has 0 fully saturated rings. The fraction of sp³-hybridized carbons (Fsp3) is 0.200. The molecule has 0 aliphatic rings. The van der Waals surface area contributed by atoms with E-state index in [4.69, 9.17) is 10.7 Å². The Labute approximate surface area is 200 Å². The van der Waals surface area contributed by atoms with E-state index < -0.39 is 0 Å². The Bertz CT molecular complexity index is 1440. The lowest BCUT2D eigenvalue weighted by atomic mass is 9.95. The standard InChI is InChI=1S/C25H24FN7S/c1-15-14-29-25(28-8-10-33-11-9-30-32-33)31-23(15)22-12-17-4-3-5-20(24(17)34-22)21-13-18(26)6-7-19(21)16(2)27/h3-7,9,11-14,16H,8,10,27H2,1-2H3,(H,28,29,31)/t16-/m1/s1. The molecule has 34 heavy (non-hydrogen) atoms. The highest BCUT2D eigenvalue weighted by Gasteiger charge is 2.16. The van der Waals surface area contributed by atoms with Crippen LogP contribution < -0.4 is 11.1 Å². The normalized spacial score (nSPS) is 12.2. The smallest absolute Gasteiger partial charge is 0.223 e. The van der Waals surface area contributed by atoms with Crippen molar-refractivity contribution in [2.45, 2.75) is 26.4 Å². The molecule has 0 unspecified atom stereocenters. The zero-order valence-corrected chi connectivity index (χ0v) is 19.7. The molecule has 0 aliphatic carbocycles. The van der Waals surface area contributed by atoms with Gasteiger partial charge >= 0.3 is 0 Å². The number of nitrogens with zero attached hydrogens (tertiary/aromatic N) is 5. The number of aryl methyl sites for hydroxylation is 1. The lowest BCUT2D eigenvalue weighted by Gasteiger charge is -2.14. The van der Waals surface area contributed by atoms with Crippen LogP contribution in [-0.4, -0.2) is 31.5 Å². The van der Waals surface area contributed by atoms with Gasteiger partial charge in [-0.25, -0.2) is 14.4 Å². The minimum absolute atomic E-state index is 0.208. The first-order valence-electron chi connectivity index (χ1n) is 11.0. The van der Waals surface area contributed by atoms with Gasteiger partial charge in [0.15, 0.2) is 0 Å². The van der Waals surface area contributed by atoms with E-state index in [-0.39, 0.29) is 11.9 Å². The number of thiophene rings is 1. The first-order chi connectivity index (χ1) is 16.5. The van der Waals surface area contributed by atoms with E-state index in [0.717, 1.165) is 42.9 Å². The summed E-state index contributed by atoms with van der Waals surface area (Å²) in [4.78, 5) is 10.2. The molecule has 5 rings (SSSR count). The number of hydrogen-bond donors (Lipinski definition) is 2. The van der Waals surface area contributed by atoms with Crippen molar-refractivity contribution in [3.05, 3.63) is 78.0 Å². The summed E-state index contributed by atoms with van der Waals surface area (Å²) in [6, 6.07) is 12.8. The molecule has 3 heterocycles. The lowest BCUT2D eigenvalue weighted by molar-refractivity contribution is 0.607. The zero-order valence-electron chi connectivity index (χ0n) is 18.9. The fourth-order valence-electron chi connectivity index (χ4n) is 3.96. The van der Waals surface area contributed by atoms with E-state index in [9.17, 15) is 4.39 Å². The van der Waals surface area contributed by atoms with Crippen molar-refractivity contribution in [3.63, 3.8) is 0 Å². The van der Waals surface area contributed by atoms with Crippen molar-refractivity contribution in [3.8, 4) is 21.7 Å². The summed E-state index contributed by atoms with van der Waals surface area (Å²) in [7, 11) is 0. The van der Waals surface area contributed by atoms with Crippen molar-refractivity contribution in [2.75, 3.05) is 11.9 Å². The molecular weight excluding hydrogens is 449 g/mol. The van der Waals surface area contributed by atoms with Crippen molar-refractivity contribution >= 4 is 27.4 Å². The van der Waals surface area contributed by atoms with E-state index in [0.29, 0.717) is 19.0 Å². The topological polar surface area (TPSA) is 94.5 Å². The Morgan fingerprint density at radius 2 is 2.06 bits per heavy atom. The monoisotopic (exact) mass is 473 g/mol. The summed E-state index contributed by atoms with van der Waals surface area (Å²) >= 11 is 1.64. The van der Waals surface area contributed by atoms with Gasteiger partial charge in [0.2, 0.25) is 5.95 Å². The molecule has 9 heteroatoms. The number of rotatable bonds is 7. The highest BCUT2D eigenvalue weighted by Crippen LogP contribution is 2.41. The average Bonchev–Trinajstić information content (AvgIpc) is 3.49. The molecule has 7 nitrogen and oxygen atoms in total. The van der Waals surface area contributed by atoms with Crippen LogP contribution in [0.1, 0.15) is 24.1 Å². The third kappa shape index (κ3) is 4.40. The van der Waals surface area contributed by atoms with Gasteiger partial charge in [-0.15, -0.1) is 16.4 Å². The Morgan fingerprint density at radius 3 is 2.85 bits per heavy atom. The highest BCUT2D eigenvalue weighted by atomic mass is 32.1. The van der Waals surface area contributed by atoms with Gasteiger partial charge < -0.3 is 11.1 Å². The molecule has 0 radical (unpaired) electrons. The van der Waals surface area contributed by atoms with Crippen LogP contribution in [0.4, 0.5) is 10.3 Å². The Morgan fingerprint density at radius 1 is 1.18 bits per heavy atom. The maximum Gasteiger partial charge on any atom is 0.223 e. The summed E-state index contributed by atoms with van der Waals surface area (Å²) in [5.74, 6) is 0.282. The molecule has 2 aromatic carbocycles. The molecule has 0 bridgehead atoms. The molecule has 3 N–H and O–H groups in total. The second kappa shape index (κ2) is 9.28. The van der Waals surface area contributed by atoms with E-state index in [1.807, 2.05) is 38.4 Å². The molecule has 1 atom stereocenters. The minimum Gasteiger partial charge on any atom is -0.352 e. The zero-order chi connectivity index (χ0) is 23.7. The first-order valence-corrected chi connectivity index (χ1v) is 11.8. The number of nitrogens with one attached hydrogen (secondary N) is 1. The third-order valence-corrected chi connectivity index (χ3v) is 6.83. The number of anilines is 1. The number of aromatic nitrogens is 5. The molecule has 3 aromatic heterocycles. The number of nitrogens with two attached hydrogens (primary N) is 1. The summed E-state index contributed by atoms with van der Waals surface area (Å²) in [5.41, 5.74) is 10.8. The summed E-state index contributed by atoms with van der Waals surface area (Å²) in [6.07, 6.45) is 5.29. The van der Waals surface area contributed by atoms with Gasteiger partial charge in [-0.1, -0.05) is 29.5 Å². The number of halogens is 1. The number of benzene rings is 2. The van der Waals surface area contributed by atoms with Crippen LogP contribution in [0.2, 0.25) is 0 Å². The van der Waals surface area contributed by atoms with Crippen molar-refractivity contribution in [2.24, 2.45) is 5.73 Å². The lowest BCUT2D eigenvalue weighted by Crippen LogP contribution is -2.13. The SMILES string of the molecule is Cc1cnc(NCCn2ccnn2)nc1-c1cc2cccc(-c3cc(F)ccc3[C@@H](C)N)c2s1. The molecular formula is C25H24FN7S. The van der Waals surface area contributed by atoms with Gasteiger partial charge in [0, 0.05) is 29.7 Å². The van der Waals surface area contributed by atoms with Gasteiger partial charge in [0.1, 0.15) is 5.82 Å². The predicted molar refractivity (Wildman–Crippen MR) is 134 cm³/mol. The second-order valence-electron chi connectivity index (χ2n) is 8.17.